The normalized spacial score (nSPS) is 11.0. The molecule has 3 rings (SSSR count). The number of ketones is 1. The molecule has 0 fully saturated rings. The minimum atomic E-state index is -0.488. The summed E-state index contributed by atoms with van der Waals surface area (Å²) in [6.07, 6.45) is 0.931. The number of hydrogen-bond donors (Lipinski definition) is 0. The van der Waals surface area contributed by atoms with Crippen molar-refractivity contribution in [1.82, 2.24) is 9.55 Å². The minimum absolute atomic E-state index is 0.183. The molecule has 0 aliphatic carbocycles. The molecule has 0 spiro atoms. The Morgan fingerprint density at radius 3 is 2.63 bits per heavy atom. The van der Waals surface area contributed by atoms with Crippen molar-refractivity contribution in [2.45, 2.75) is 40.7 Å². The van der Waals surface area contributed by atoms with Crippen molar-refractivity contribution in [3.63, 3.8) is 0 Å². The summed E-state index contributed by atoms with van der Waals surface area (Å²) in [6, 6.07) is 6.04. The van der Waals surface area contributed by atoms with Crippen molar-refractivity contribution in [3.05, 3.63) is 61.0 Å². The van der Waals surface area contributed by atoms with Gasteiger partial charge in [0, 0.05) is 28.4 Å². The van der Waals surface area contributed by atoms with E-state index in [0.717, 1.165) is 29.4 Å². The fraction of sp³-hybridized carbons (Fsp3) is 0.350. The molecule has 0 unspecified atom stereocenters. The molecular formula is C20H22N2O3S2. The van der Waals surface area contributed by atoms with Crippen molar-refractivity contribution < 1.29 is 14.3 Å². The number of thiazole rings is 1. The van der Waals surface area contributed by atoms with Gasteiger partial charge in [0.2, 0.25) is 5.78 Å². The Bertz CT molecular complexity index is 968. The Hall–Kier alpha value is -2.25. The van der Waals surface area contributed by atoms with E-state index < -0.39 is 5.97 Å². The zero-order valence-electron chi connectivity index (χ0n) is 15.9. The number of Topliss-reactive ketones (excluding diaryl/α,β-unsaturated/α-hetero) is 1. The molecule has 0 bridgehead atoms. The van der Waals surface area contributed by atoms with Crippen molar-refractivity contribution in [1.29, 1.82) is 0 Å². The van der Waals surface area contributed by atoms with E-state index in [4.69, 9.17) is 4.74 Å². The van der Waals surface area contributed by atoms with Crippen molar-refractivity contribution in [2.75, 3.05) is 6.61 Å². The standard InChI is InChI=1S/C20H22N2O3S2/c1-12-10-17(14(3)22(12)8-7-16-6-5-9-26-16)18(23)11-25-20(24)19-13(2)21-15(4)27-19/h5-6,9-10H,7-8,11H2,1-4H3. The molecule has 0 amide bonds. The van der Waals surface area contributed by atoms with Gasteiger partial charge in [-0.15, -0.1) is 22.7 Å². The highest BCUT2D eigenvalue weighted by Crippen LogP contribution is 2.20. The van der Waals surface area contributed by atoms with Gasteiger partial charge in [0.1, 0.15) is 4.88 Å². The Labute approximate surface area is 166 Å². The number of carbonyl (C=O) groups excluding carboxylic acids is 2. The van der Waals surface area contributed by atoms with E-state index in [1.807, 2.05) is 32.9 Å². The van der Waals surface area contributed by atoms with Gasteiger partial charge < -0.3 is 9.30 Å². The fourth-order valence-electron chi connectivity index (χ4n) is 3.10. The van der Waals surface area contributed by atoms with Gasteiger partial charge >= 0.3 is 5.97 Å². The summed E-state index contributed by atoms with van der Waals surface area (Å²) in [5.41, 5.74) is 3.20. The van der Waals surface area contributed by atoms with Gasteiger partial charge in [-0.05, 0) is 51.6 Å². The van der Waals surface area contributed by atoms with Gasteiger partial charge in [0.05, 0.1) is 10.7 Å². The van der Waals surface area contributed by atoms with Crippen LogP contribution in [0.5, 0.6) is 0 Å². The van der Waals surface area contributed by atoms with Crippen LogP contribution in [0, 0.1) is 27.7 Å². The summed E-state index contributed by atoms with van der Waals surface area (Å²) in [6.45, 7) is 8.10. The van der Waals surface area contributed by atoms with Crippen LogP contribution in [0.4, 0.5) is 0 Å². The van der Waals surface area contributed by atoms with Gasteiger partial charge in [-0.3, -0.25) is 4.79 Å². The van der Waals surface area contributed by atoms with Crippen LogP contribution in [0.25, 0.3) is 0 Å². The average molecular weight is 403 g/mol. The lowest BCUT2D eigenvalue weighted by Crippen LogP contribution is -2.15. The molecule has 0 radical (unpaired) electrons. The van der Waals surface area contributed by atoms with E-state index in [1.54, 1.807) is 18.3 Å². The molecule has 3 heterocycles. The van der Waals surface area contributed by atoms with E-state index in [1.165, 1.54) is 16.2 Å². The highest BCUT2D eigenvalue weighted by molar-refractivity contribution is 7.13. The van der Waals surface area contributed by atoms with E-state index >= 15 is 0 Å². The maximum absolute atomic E-state index is 12.6. The van der Waals surface area contributed by atoms with Gasteiger partial charge in [-0.1, -0.05) is 6.07 Å². The second kappa shape index (κ2) is 8.19. The molecule has 0 saturated carbocycles. The molecule has 27 heavy (non-hydrogen) atoms. The Morgan fingerprint density at radius 1 is 1.22 bits per heavy atom. The van der Waals surface area contributed by atoms with Crippen LogP contribution >= 0.6 is 22.7 Å². The summed E-state index contributed by atoms with van der Waals surface area (Å²) in [4.78, 5) is 30.8. The van der Waals surface area contributed by atoms with E-state index in [-0.39, 0.29) is 12.4 Å². The summed E-state index contributed by atoms with van der Waals surface area (Å²) in [5, 5.41) is 2.88. The first-order valence-corrected chi connectivity index (χ1v) is 10.4. The Morgan fingerprint density at radius 2 is 2.00 bits per heavy atom. The third kappa shape index (κ3) is 4.36. The van der Waals surface area contributed by atoms with Crippen LogP contribution in [-0.4, -0.2) is 27.9 Å². The quantitative estimate of drug-likeness (QED) is 0.430. The molecule has 3 aromatic rings. The summed E-state index contributed by atoms with van der Waals surface area (Å²) < 4.78 is 7.38. The predicted molar refractivity (Wildman–Crippen MR) is 108 cm³/mol. The van der Waals surface area contributed by atoms with E-state index in [9.17, 15) is 9.59 Å². The molecule has 0 saturated heterocycles. The first-order chi connectivity index (χ1) is 12.9. The number of aromatic nitrogens is 2. The predicted octanol–water partition coefficient (Wildman–Crippen LogP) is 4.52. The maximum Gasteiger partial charge on any atom is 0.350 e. The molecule has 0 aliphatic rings. The molecule has 7 heteroatoms. The van der Waals surface area contributed by atoms with Crippen LogP contribution in [0.1, 0.15) is 47.0 Å². The zero-order chi connectivity index (χ0) is 19.6. The van der Waals surface area contributed by atoms with Gasteiger partial charge in [0.25, 0.3) is 0 Å². The number of thiophene rings is 1. The maximum atomic E-state index is 12.6. The van der Waals surface area contributed by atoms with Gasteiger partial charge in [0.15, 0.2) is 6.61 Å². The largest absolute Gasteiger partial charge is 0.453 e. The minimum Gasteiger partial charge on any atom is -0.453 e. The first-order valence-electron chi connectivity index (χ1n) is 8.70. The lowest BCUT2D eigenvalue weighted by atomic mass is 10.1. The third-order valence-electron chi connectivity index (χ3n) is 4.46. The highest BCUT2D eigenvalue weighted by Gasteiger charge is 2.20. The number of rotatable bonds is 7. The summed E-state index contributed by atoms with van der Waals surface area (Å²) >= 11 is 3.02. The lowest BCUT2D eigenvalue weighted by molar-refractivity contribution is 0.0478. The Kier molecular flexibility index (Phi) is 5.92. The highest BCUT2D eigenvalue weighted by atomic mass is 32.1. The molecule has 0 aliphatic heterocycles. The van der Waals surface area contributed by atoms with Crippen LogP contribution in [0.2, 0.25) is 0 Å². The van der Waals surface area contributed by atoms with Crippen LogP contribution in [0.15, 0.2) is 23.6 Å². The SMILES string of the molecule is Cc1nc(C)c(C(=O)OCC(=O)c2cc(C)n(CCc3cccs3)c2C)s1. The van der Waals surface area contributed by atoms with Crippen molar-refractivity contribution in [2.24, 2.45) is 0 Å². The number of aryl methyl sites for hydroxylation is 4. The first kappa shape index (κ1) is 19.5. The number of carbonyl (C=O) groups is 2. The van der Waals surface area contributed by atoms with Crippen molar-refractivity contribution in [3.8, 4) is 0 Å². The number of esters is 1. The van der Waals surface area contributed by atoms with E-state index in [2.05, 4.69) is 21.0 Å². The molecule has 0 N–H and O–H groups in total. The fourth-order valence-corrected chi connectivity index (χ4v) is 4.61. The third-order valence-corrected chi connectivity index (χ3v) is 6.45. The molecule has 3 aromatic heterocycles. The number of nitrogens with zero attached hydrogens (tertiary/aromatic N) is 2. The van der Waals surface area contributed by atoms with Gasteiger partial charge in [-0.25, -0.2) is 9.78 Å². The molecule has 0 aromatic carbocycles. The zero-order valence-corrected chi connectivity index (χ0v) is 17.5. The molecule has 5 nitrogen and oxygen atoms in total. The average Bonchev–Trinajstić information content (AvgIpc) is 3.32. The lowest BCUT2D eigenvalue weighted by Gasteiger charge is -2.09. The Balaban J connectivity index is 1.65. The molecule has 0 atom stereocenters. The monoisotopic (exact) mass is 402 g/mol. The van der Waals surface area contributed by atoms with Crippen LogP contribution < -0.4 is 0 Å². The second-order valence-corrected chi connectivity index (χ2v) is 8.65. The van der Waals surface area contributed by atoms with Gasteiger partial charge in [-0.2, -0.15) is 0 Å². The summed E-state index contributed by atoms with van der Waals surface area (Å²) in [5.74, 6) is -0.671. The molecular weight excluding hydrogens is 380 g/mol. The smallest absolute Gasteiger partial charge is 0.350 e. The van der Waals surface area contributed by atoms with E-state index in [0.29, 0.717) is 16.1 Å². The van der Waals surface area contributed by atoms with Crippen molar-refractivity contribution >= 4 is 34.4 Å². The second-order valence-electron chi connectivity index (χ2n) is 6.41. The van der Waals surface area contributed by atoms with Crippen LogP contribution in [-0.2, 0) is 17.7 Å². The topological polar surface area (TPSA) is 61.2 Å². The molecule has 142 valence electrons. The number of hydrogen-bond acceptors (Lipinski definition) is 6. The summed E-state index contributed by atoms with van der Waals surface area (Å²) in [7, 11) is 0. The van der Waals surface area contributed by atoms with Crippen LogP contribution in [0.3, 0.4) is 0 Å². The number of ether oxygens (including phenoxy) is 1.